The van der Waals surface area contributed by atoms with Crippen molar-refractivity contribution >= 4 is 23.3 Å². The van der Waals surface area contributed by atoms with Crippen molar-refractivity contribution in [2.75, 3.05) is 27.2 Å². The summed E-state index contributed by atoms with van der Waals surface area (Å²) in [6, 6.07) is 0.696. The molecule has 1 amide bonds. The van der Waals surface area contributed by atoms with E-state index in [1.54, 1.807) is 6.07 Å². The maximum absolute atomic E-state index is 12.5. The molecular formula is C16H20ClNO6. The van der Waals surface area contributed by atoms with Crippen LogP contribution in [0.4, 0.5) is 0 Å². The van der Waals surface area contributed by atoms with E-state index in [0.29, 0.717) is 23.6 Å². The second kappa shape index (κ2) is 7.72. The second-order valence-electron chi connectivity index (χ2n) is 5.26. The van der Waals surface area contributed by atoms with Crippen LogP contribution in [-0.4, -0.2) is 50.1 Å². The van der Waals surface area contributed by atoms with Crippen molar-refractivity contribution in [3.63, 3.8) is 0 Å². The number of fused-ring (bicyclic) bond motifs is 1. The number of aliphatic hydroxyl groups excluding tert-OH is 1. The smallest absolute Gasteiger partial charge is 0.220 e. The maximum Gasteiger partial charge on any atom is 0.220 e. The summed E-state index contributed by atoms with van der Waals surface area (Å²) in [5.74, 6) is 0.297. The van der Waals surface area contributed by atoms with Gasteiger partial charge >= 0.3 is 0 Å². The van der Waals surface area contributed by atoms with Gasteiger partial charge in [0.1, 0.15) is 6.10 Å². The van der Waals surface area contributed by atoms with Crippen molar-refractivity contribution in [2.24, 2.45) is 0 Å². The van der Waals surface area contributed by atoms with Gasteiger partial charge in [-0.2, -0.15) is 0 Å². The highest BCUT2D eigenvalue weighted by Crippen LogP contribution is 2.47. The van der Waals surface area contributed by atoms with Crippen LogP contribution in [0.3, 0.4) is 0 Å². The zero-order valence-electron chi connectivity index (χ0n) is 13.7. The molecule has 0 radical (unpaired) electrons. The highest BCUT2D eigenvalue weighted by molar-refractivity contribution is 6.17. The molecule has 0 saturated heterocycles. The highest BCUT2D eigenvalue weighted by Gasteiger charge is 2.43. The van der Waals surface area contributed by atoms with Gasteiger partial charge in [-0.05, 0) is 18.1 Å². The van der Waals surface area contributed by atoms with E-state index in [-0.39, 0.29) is 29.4 Å². The fourth-order valence-electron chi connectivity index (χ4n) is 2.77. The average Bonchev–Trinajstić information content (AvgIpc) is 2.82. The van der Waals surface area contributed by atoms with Crippen LogP contribution in [0.1, 0.15) is 34.8 Å². The molecule has 2 atom stereocenters. The first-order valence-corrected chi connectivity index (χ1v) is 7.94. The summed E-state index contributed by atoms with van der Waals surface area (Å²) in [5, 5.41) is 12.9. The molecule has 2 unspecified atom stereocenters. The third-order valence-corrected chi connectivity index (χ3v) is 4.15. The Labute approximate surface area is 144 Å². The van der Waals surface area contributed by atoms with Crippen LogP contribution in [0.15, 0.2) is 6.07 Å². The Morgan fingerprint density at radius 2 is 1.92 bits per heavy atom. The van der Waals surface area contributed by atoms with Gasteiger partial charge in [-0.3, -0.25) is 9.59 Å². The second-order valence-corrected chi connectivity index (χ2v) is 5.63. The standard InChI is InChI=1S/C16H20ClNO6/c1-22-9-7-8-11(16(24-3)15(9)23-2)13(20)14(21)12(8)18-10(19)5-4-6-17/h7,12,14,21H,4-6H2,1-3H3,(H,18,19). The van der Waals surface area contributed by atoms with E-state index in [4.69, 9.17) is 25.8 Å². The Bertz CT molecular complexity index is 648. The van der Waals surface area contributed by atoms with E-state index < -0.39 is 17.9 Å². The zero-order valence-corrected chi connectivity index (χ0v) is 14.5. The van der Waals surface area contributed by atoms with Gasteiger partial charge in [0.15, 0.2) is 17.3 Å². The quantitative estimate of drug-likeness (QED) is 0.717. The van der Waals surface area contributed by atoms with E-state index >= 15 is 0 Å². The molecule has 24 heavy (non-hydrogen) atoms. The molecule has 1 aliphatic rings. The lowest BCUT2D eigenvalue weighted by Crippen LogP contribution is -2.35. The summed E-state index contributed by atoms with van der Waals surface area (Å²) < 4.78 is 15.8. The highest BCUT2D eigenvalue weighted by atomic mass is 35.5. The number of halogens is 1. The lowest BCUT2D eigenvalue weighted by Gasteiger charge is -2.19. The normalized spacial score (nSPS) is 19.0. The van der Waals surface area contributed by atoms with E-state index in [9.17, 15) is 14.7 Å². The average molecular weight is 358 g/mol. The van der Waals surface area contributed by atoms with Crippen LogP contribution in [0.2, 0.25) is 0 Å². The summed E-state index contributed by atoms with van der Waals surface area (Å²) >= 11 is 5.58. The van der Waals surface area contributed by atoms with Crippen LogP contribution in [-0.2, 0) is 4.79 Å². The number of hydrogen-bond donors (Lipinski definition) is 2. The number of carbonyl (C=O) groups is 2. The van der Waals surface area contributed by atoms with Crippen LogP contribution in [0.25, 0.3) is 0 Å². The molecule has 0 heterocycles. The fourth-order valence-corrected chi connectivity index (χ4v) is 2.91. The maximum atomic E-state index is 12.5. The Morgan fingerprint density at radius 3 is 2.46 bits per heavy atom. The van der Waals surface area contributed by atoms with Gasteiger partial charge in [0.05, 0.1) is 32.9 Å². The van der Waals surface area contributed by atoms with Crippen LogP contribution >= 0.6 is 11.6 Å². The van der Waals surface area contributed by atoms with E-state index in [0.717, 1.165) is 0 Å². The van der Waals surface area contributed by atoms with Crippen molar-refractivity contribution in [3.05, 3.63) is 17.2 Å². The number of hydrogen-bond acceptors (Lipinski definition) is 6. The third kappa shape index (κ3) is 3.14. The first-order chi connectivity index (χ1) is 11.5. The van der Waals surface area contributed by atoms with Gasteiger partial charge < -0.3 is 24.6 Å². The SMILES string of the molecule is COc1cc2c(c(OC)c1OC)C(=O)C(O)C2NC(=O)CCCCl. The van der Waals surface area contributed by atoms with Crippen molar-refractivity contribution < 1.29 is 28.9 Å². The summed E-state index contributed by atoms with van der Waals surface area (Å²) in [5.41, 5.74) is 0.617. The summed E-state index contributed by atoms with van der Waals surface area (Å²) in [6.45, 7) is 0. The number of Topliss-reactive ketones (excluding diaryl/α,β-unsaturated/α-hetero) is 1. The number of ketones is 1. The fraction of sp³-hybridized carbons (Fsp3) is 0.500. The molecule has 2 N–H and O–H groups in total. The Hall–Kier alpha value is -1.99. The zero-order chi connectivity index (χ0) is 17.9. The molecule has 7 nitrogen and oxygen atoms in total. The number of rotatable bonds is 7. The Morgan fingerprint density at radius 1 is 1.25 bits per heavy atom. The molecule has 2 rings (SSSR count). The molecule has 0 aliphatic heterocycles. The van der Waals surface area contributed by atoms with Gasteiger partial charge in [-0.15, -0.1) is 11.6 Å². The summed E-state index contributed by atoms with van der Waals surface area (Å²) in [6.07, 6.45) is -0.682. The number of aliphatic hydroxyl groups is 1. The topological polar surface area (TPSA) is 94.1 Å². The third-order valence-electron chi connectivity index (χ3n) is 3.88. The van der Waals surface area contributed by atoms with Gasteiger partial charge in [0, 0.05) is 12.3 Å². The molecular weight excluding hydrogens is 338 g/mol. The number of methoxy groups -OCH3 is 3. The Kier molecular flexibility index (Phi) is 5.90. The molecule has 0 spiro atoms. The van der Waals surface area contributed by atoms with Crippen molar-refractivity contribution in [1.82, 2.24) is 5.32 Å². The molecule has 1 aliphatic carbocycles. The predicted octanol–water partition coefficient (Wildman–Crippen LogP) is 1.45. The molecule has 132 valence electrons. The first-order valence-electron chi connectivity index (χ1n) is 7.40. The molecule has 0 bridgehead atoms. The molecule has 0 saturated carbocycles. The van der Waals surface area contributed by atoms with Gasteiger partial charge in [0.25, 0.3) is 0 Å². The van der Waals surface area contributed by atoms with E-state index in [1.165, 1.54) is 21.3 Å². The summed E-state index contributed by atoms with van der Waals surface area (Å²) in [4.78, 5) is 24.4. The number of alkyl halides is 1. The number of amides is 1. The van der Waals surface area contributed by atoms with Crippen molar-refractivity contribution in [2.45, 2.75) is 25.0 Å². The first kappa shape index (κ1) is 18.4. The summed E-state index contributed by atoms with van der Waals surface area (Å²) in [7, 11) is 4.27. The number of carbonyl (C=O) groups excluding carboxylic acids is 2. The molecule has 0 aromatic heterocycles. The van der Waals surface area contributed by atoms with Crippen LogP contribution < -0.4 is 19.5 Å². The molecule has 1 aromatic carbocycles. The van der Waals surface area contributed by atoms with E-state index in [2.05, 4.69) is 5.32 Å². The lowest BCUT2D eigenvalue weighted by molar-refractivity contribution is -0.122. The number of ether oxygens (including phenoxy) is 3. The van der Waals surface area contributed by atoms with Gasteiger partial charge in [0.2, 0.25) is 11.7 Å². The van der Waals surface area contributed by atoms with E-state index in [1.807, 2.05) is 0 Å². The minimum Gasteiger partial charge on any atom is -0.493 e. The van der Waals surface area contributed by atoms with Crippen LogP contribution in [0.5, 0.6) is 17.2 Å². The molecule has 0 fully saturated rings. The minimum absolute atomic E-state index is 0.174. The monoisotopic (exact) mass is 357 g/mol. The Balaban J connectivity index is 2.47. The molecule has 8 heteroatoms. The predicted molar refractivity (Wildman–Crippen MR) is 87.3 cm³/mol. The van der Waals surface area contributed by atoms with Crippen molar-refractivity contribution in [1.29, 1.82) is 0 Å². The van der Waals surface area contributed by atoms with Gasteiger partial charge in [-0.25, -0.2) is 0 Å². The molecule has 1 aromatic rings. The largest absolute Gasteiger partial charge is 0.493 e. The number of nitrogens with one attached hydrogen (secondary N) is 1. The minimum atomic E-state index is -1.40. The van der Waals surface area contributed by atoms with Gasteiger partial charge in [-0.1, -0.05) is 0 Å². The van der Waals surface area contributed by atoms with Crippen molar-refractivity contribution in [3.8, 4) is 17.2 Å². The number of benzene rings is 1. The van der Waals surface area contributed by atoms with Crippen LogP contribution in [0, 0.1) is 0 Å². The lowest BCUT2D eigenvalue weighted by atomic mass is 10.0.